The standard InChI is InChI=1S/C20H18ClN5OS/c1-2-26-17(12-3-5-14(21)6-4-12)22-16-18(26)23-20(24-19(16)27)25-9-7-15-13(11-25)8-10-28-15/h3-6,8,10H,2,7,9,11H2,1H3,(H,23,24,27). The van der Waals surface area contributed by atoms with Gasteiger partial charge >= 0.3 is 0 Å². The fourth-order valence-corrected chi connectivity index (χ4v) is 4.71. The number of fused-ring (bicyclic) bond motifs is 2. The van der Waals surface area contributed by atoms with Crippen LogP contribution in [-0.2, 0) is 19.5 Å². The molecule has 1 aliphatic rings. The average molecular weight is 412 g/mol. The summed E-state index contributed by atoms with van der Waals surface area (Å²) in [6.07, 6.45) is 0.970. The second-order valence-corrected chi connectivity index (χ2v) is 8.23. The molecule has 3 aromatic heterocycles. The van der Waals surface area contributed by atoms with E-state index in [-0.39, 0.29) is 5.56 Å². The predicted octanol–water partition coefficient (Wildman–Crippen LogP) is 4.08. The first kappa shape index (κ1) is 17.5. The third kappa shape index (κ3) is 2.82. The maximum absolute atomic E-state index is 12.8. The maximum atomic E-state index is 12.8. The van der Waals surface area contributed by atoms with Crippen molar-refractivity contribution in [3.8, 4) is 11.4 Å². The summed E-state index contributed by atoms with van der Waals surface area (Å²) in [4.78, 5) is 28.7. The highest BCUT2D eigenvalue weighted by molar-refractivity contribution is 7.10. The number of nitrogens with one attached hydrogen (secondary N) is 1. The molecule has 5 rings (SSSR count). The van der Waals surface area contributed by atoms with E-state index in [1.54, 1.807) is 11.3 Å². The number of benzene rings is 1. The van der Waals surface area contributed by atoms with Gasteiger partial charge in [0.15, 0.2) is 11.2 Å². The lowest BCUT2D eigenvalue weighted by molar-refractivity contribution is 0.714. The fraction of sp³-hybridized carbons (Fsp3) is 0.250. The van der Waals surface area contributed by atoms with E-state index in [4.69, 9.17) is 16.6 Å². The van der Waals surface area contributed by atoms with Crippen LogP contribution in [0.15, 0.2) is 40.5 Å². The molecule has 6 nitrogen and oxygen atoms in total. The van der Waals surface area contributed by atoms with Gasteiger partial charge in [0.1, 0.15) is 5.82 Å². The number of H-pyrrole nitrogens is 1. The van der Waals surface area contributed by atoms with Gasteiger partial charge in [0.25, 0.3) is 5.56 Å². The lowest BCUT2D eigenvalue weighted by Gasteiger charge is -2.27. The van der Waals surface area contributed by atoms with Crippen LogP contribution in [0.4, 0.5) is 5.95 Å². The molecule has 0 amide bonds. The van der Waals surface area contributed by atoms with Gasteiger partial charge < -0.3 is 9.47 Å². The normalized spacial score (nSPS) is 13.9. The van der Waals surface area contributed by atoms with Crippen molar-refractivity contribution in [2.24, 2.45) is 0 Å². The van der Waals surface area contributed by atoms with E-state index in [0.29, 0.717) is 28.7 Å². The Morgan fingerprint density at radius 2 is 2.04 bits per heavy atom. The van der Waals surface area contributed by atoms with E-state index >= 15 is 0 Å². The van der Waals surface area contributed by atoms with Crippen LogP contribution in [0.3, 0.4) is 0 Å². The number of imidazole rings is 1. The van der Waals surface area contributed by atoms with Crippen molar-refractivity contribution in [1.29, 1.82) is 0 Å². The summed E-state index contributed by atoms with van der Waals surface area (Å²) in [5.74, 6) is 1.33. The minimum Gasteiger partial charge on any atom is -0.338 e. The number of aromatic nitrogens is 4. The molecule has 1 aliphatic heterocycles. The Kier molecular flexibility index (Phi) is 4.21. The monoisotopic (exact) mass is 411 g/mol. The van der Waals surface area contributed by atoms with E-state index in [1.807, 2.05) is 35.8 Å². The van der Waals surface area contributed by atoms with E-state index in [2.05, 4.69) is 26.3 Å². The summed E-state index contributed by atoms with van der Waals surface area (Å²) < 4.78 is 1.98. The number of thiophene rings is 1. The van der Waals surface area contributed by atoms with Gasteiger partial charge in [-0.3, -0.25) is 9.78 Å². The zero-order valence-corrected chi connectivity index (χ0v) is 16.8. The molecule has 0 bridgehead atoms. The molecular formula is C20H18ClN5OS. The second kappa shape index (κ2) is 6.76. The zero-order chi connectivity index (χ0) is 19.3. The summed E-state index contributed by atoms with van der Waals surface area (Å²) in [6, 6.07) is 9.62. The first-order chi connectivity index (χ1) is 13.6. The molecule has 0 atom stereocenters. The molecule has 0 spiro atoms. The second-order valence-electron chi connectivity index (χ2n) is 6.79. The Balaban J connectivity index is 1.62. The Bertz CT molecular complexity index is 1220. The molecule has 0 saturated carbocycles. The molecule has 1 N–H and O–H groups in total. The number of aryl methyl sites for hydroxylation is 1. The molecule has 4 aromatic rings. The number of anilines is 1. The van der Waals surface area contributed by atoms with Gasteiger partial charge in [-0.25, -0.2) is 4.98 Å². The first-order valence-corrected chi connectivity index (χ1v) is 10.5. The van der Waals surface area contributed by atoms with Gasteiger partial charge in [-0.1, -0.05) is 11.6 Å². The molecule has 142 valence electrons. The number of hydrogen-bond donors (Lipinski definition) is 1. The van der Waals surface area contributed by atoms with Gasteiger partial charge in [-0.05, 0) is 54.6 Å². The van der Waals surface area contributed by atoms with Crippen LogP contribution in [0.1, 0.15) is 17.4 Å². The van der Waals surface area contributed by atoms with Crippen molar-refractivity contribution in [1.82, 2.24) is 19.5 Å². The van der Waals surface area contributed by atoms with Crippen LogP contribution < -0.4 is 10.5 Å². The van der Waals surface area contributed by atoms with Crippen molar-refractivity contribution in [3.05, 3.63) is 61.5 Å². The molecule has 1 aromatic carbocycles. The van der Waals surface area contributed by atoms with Crippen LogP contribution in [0.5, 0.6) is 0 Å². The number of halogens is 1. The number of nitrogens with zero attached hydrogens (tertiary/aromatic N) is 4. The summed E-state index contributed by atoms with van der Waals surface area (Å²) in [5, 5.41) is 2.79. The Morgan fingerprint density at radius 3 is 2.82 bits per heavy atom. The molecule has 0 radical (unpaired) electrons. The smallest absolute Gasteiger partial charge is 0.280 e. The van der Waals surface area contributed by atoms with Crippen molar-refractivity contribution in [3.63, 3.8) is 0 Å². The molecule has 0 saturated heterocycles. The Hall–Kier alpha value is -2.64. The van der Waals surface area contributed by atoms with Crippen LogP contribution >= 0.6 is 22.9 Å². The Labute approximate surface area is 170 Å². The highest BCUT2D eigenvalue weighted by atomic mass is 35.5. The molecule has 4 heterocycles. The van der Waals surface area contributed by atoms with Gasteiger partial charge in [0, 0.05) is 35.1 Å². The summed E-state index contributed by atoms with van der Waals surface area (Å²) in [5.41, 5.74) is 2.99. The fourth-order valence-electron chi connectivity index (χ4n) is 3.70. The van der Waals surface area contributed by atoms with Crippen LogP contribution in [0.25, 0.3) is 22.6 Å². The minimum absolute atomic E-state index is 0.210. The molecule has 0 unspecified atom stereocenters. The van der Waals surface area contributed by atoms with Gasteiger partial charge in [-0.2, -0.15) is 4.98 Å². The quantitative estimate of drug-likeness (QED) is 0.551. The van der Waals surface area contributed by atoms with Gasteiger partial charge in [0.2, 0.25) is 5.95 Å². The van der Waals surface area contributed by atoms with Crippen molar-refractivity contribution < 1.29 is 0 Å². The van der Waals surface area contributed by atoms with Crippen LogP contribution in [-0.4, -0.2) is 26.1 Å². The molecule has 28 heavy (non-hydrogen) atoms. The third-order valence-corrected chi connectivity index (χ3v) is 6.39. The van der Waals surface area contributed by atoms with Crippen LogP contribution in [0, 0.1) is 0 Å². The lowest BCUT2D eigenvalue weighted by Crippen LogP contribution is -2.32. The molecule has 8 heteroatoms. The molecular weight excluding hydrogens is 394 g/mol. The third-order valence-electron chi connectivity index (χ3n) is 5.12. The van der Waals surface area contributed by atoms with Crippen molar-refractivity contribution >= 4 is 40.0 Å². The first-order valence-electron chi connectivity index (χ1n) is 9.20. The highest BCUT2D eigenvalue weighted by Gasteiger charge is 2.22. The van der Waals surface area contributed by atoms with E-state index in [1.165, 1.54) is 10.4 Å². The van der Waals surface area contributed by atoms with Crippen LogP contribution in [0.2, 0.25) is 5.02 Å². The Morgan fingerprint density at radius 1 is 1.21 bits per heavy atom. The van der Waals surface area contributed by atoms with Crippen molar-refractivity contribution in [2.45, 2.75) is 26.4 Å². The summed E-state index contributed by atoms with van der Waals surface area (Å²) in [7, 11) is 0. The van der Waals surface area contributed by atoms with E-state index in [0.717, 1.165) is 30.9 Å². The summed E-state index contributed by atoms with van der Waals surface area (Å²) >= 11 is 7.81. The molecule has 0 fully saturated rings. The van der Waals surface area contributed by atoms with E-state index in [9.17, 15) is 4.79 Å². The number of aromatic amines is 1. The predicted molar refractivity (Wildman–Crippen MR) is 113 cm³/mol. The average Bonchev–Trinajstić information content (AvgIpc) is 3.32. The largest absolute Gasteiger partial charge is 0.338 e. The number of hydrogen-bond acceptors (Lipinski definition) is 5. The molecule has 0 aliphatic carbocycles. The topological polar surface area (TPSA) is 66.8 Å². The van der Waals surface area contributed by atoms with Gasteiger partial charge in [0.05, 0.1) is 0 Å². The SMILES string of the molecule is CCn1c(-c2ccc(Cl)cc2)nc2c(=O)[nH]c(N3CCc4sccc4C3)nc21. The minimum atomic E-state index is -0.210. The van der Waals surface area contributed by atoms with Gasteiger partial charge in [-0.15, -0.1) is 11.3 Å². The summed E-state index contributed by atoms with van der Waals surface area (Å²) in [6.45, 7) is 4.30. The zero-order valence-electron chi connectivity index (χ0n) is 15.3. The lowest BCUT2D eigenvalue weighted by atomic mass is 10.1. The van der Waals surface area contributed by atoms with Crippen molar-refractivity contribution in [2.75, 3.05) is 11.4 Å². The van der Waals surface area contributed by atoms with E-state index < -0.39 is 0 Å². The number of rotatable bonds is 3. The highest BCUT2D eigenvalue weighted by Crippen LogP contribution is 2.28. The maximum Gasteiger partial charge on any atom is 0.280 e.